The van der Waals surface area contributed by atoms with E-state index in [9.17, 15) is 4.79 Å². The van der Waals surface area contributed by atoms with Crippen molar-refractivity contribution < 1.29 is 9.53 Å². The van der Waals surface area contributed by atoms with Crippen LogP contribution in [0.3, 0.4) is 0 Å². The Morgan fingerprint density at radius 2 is 1.41 bits per heavy atom. The Morgan fingerprint density at radius 1 is 0.778 bits per heavy atom. The summed E-state index contributed by atoms with van der Waals surface area (Å²) in [5, 5.41) is 11.5. The number of rotatable bonds is 14. The highest BCUT2D eigenvalue weighted by molar-refractivity contribution is 7.98. The van der Waals surface area contributed by atoms with E-state index in [-0.39, 0.29) is 5.97 Å². The molecule has 0 bridgehead atoms. The summed E-state index contributed by atoms with van der Waals surface area (Å²) in [6, 6.07) is 47.9. The van der Waals surface area contributed by atoms with E-state index in [0.717, 1.165) is 47.1 Å². The Balaban J connectivity index is 1.07. The maximum Gasteiger partial charge on any atom is 0.337 e. The van der Waals surface area contributed by atoms with Crippen molar-refractivity contribution in [2.24, 2.45) is 0 Å². The Morgan fingerprint density at radius 3 is 2.06 bits per heavy atom. The molecule has 0 spiro atoms. The molecule has 0 radical (unpaired) electrons. The zero-order chi connectivity index (χ0) is 36.7. The van der Waals surface area contributed by atoms with Gasteiger partial charge >= 0.3 is 5.97 Å². The Labute approximate surface area is 318 Å². The van der Waals surface area contributed by atoms with Gasteiger partial charge in [-0.1, -0.05) is 133 Å². The normalized spacial score (nSPS) is 11.6. The van der Waals surface area contributed by atoms with E-state index in [2.05, 4.69) is 141 Å². The lowest BCUT2D eigenvalue weighted by atomic mass is 9.77. The van der Waals surface area contributed by atoms with Gasteiger partial charge in [-0.05, 0) is 58.9 Å². The smallest absolute Gasteiger partial charge is 0.337 e. The van der Waals surface area contributed by atoms with Gasteiger partial charge in [0.1, 0.15) is 11.4 Å². The third kappa shape index (κ3) is 6.98. The first-order chi connectivity index (χ1) is 26.6. The van der Waals surface area contributed by atoms with Crippen LogP contribution in [0.5, 0.6) is 0 Å². The number of nitrogens with zero attached hydrogens (tertiary/aromatic N) is 5. The van der Waals surface area contributed by atoms with Gasteiger partial charge in [0.15, 0.2) is 5.16 Å². The number of aromatic amines is 1. The second-order valence-corrected chi connectivity index (χ2v) is 14.2. The maximum absolute atomic E-state index is 12.0. The molecule has 268 valence electrons. The van der Waals surface area contributed by atoms with Crippen LogP contribution in [0.15, 0.2) is 163 Å². The van der Waals surface area contributed by atoms with E-state index in [0.29, 0.717) is 17.7 Å². The number of carbonyl (C=O) groups excluding carboxylic acids is 1. The molecule has 0 aliphatic heterocycles. The predicted octanol–water partition coefficient (Wildman–Crippen LogP) is 9.10. The first kappa shape index (κ1) is 34.9. The molecule has 3 aromatic heterocycles. The minimum atomic E-state index is -0.603. The fraction of sp³-hybridized carbons (Fsp3) is 0.156. The third-order valence-corrected chi connectivity index (χ3v) is 11.0. The van der Waals surface area contributed by atoms with E-state index in [1.165, 1.54) is 34.7 Å². The fourth-order valence-corrected chi connectivity index (χ4v) is 8.25. The van der Waals surface area contributed by atoms with Crippen molar-refractivity contribution >= 4 is 28.6 Å². The summed E-state index contributed by atoms with van der Waals surface area (Å²) in [6.07, 6.45) is 8.56. The van der Waals surface area contributed by atoms with E-state index in [1.54, 1.807) is 23.9 Å². The number of hydrogen-bond acceptors (Lipinski definition) is 6. The largest absolute Gasteiger partial charge is 0.465 e. The number of methoxy groups -OCH3 is 1. The first-order valence-electron chi connectivity index (χ1n) is 18.1. The molecular formula is C45H40N6O2S. The maximum atomic E-state index is 12.0. The average Bonchev–Trinajstić information content (AvgIpc) is 3.98. The van der Waals surface area contributed by atoms with Gasteiger partial charge in [0.25, 0.3) is 0 Å². The number of esters is 1. The van der Waals surface area contributed by atoms with Crippen molar-refractivity contribution in [3.05, 3.63) is 203 Å². The van der Waals surface area contributed by atoms with Crippen molar-refractivity contribution in [2.75, 3.05) is 7.11 Å². The fourth-order valence-electron chi connectivity index (χ4n) is 7.31. The summed E-state index contributed by atoms with van der Waals surface area (Å²) in [4.78, 5) is 20.4. The summed E-state index contributed by atoms with van der Waals surface area (Å²) >= 11 is 1.65. The van der Waals surface area contributed by atoms with E-state index in [4.69, 9.17) is 14.8 Å². The van der Waals surface area contributed by atoms with Gasteiger partial charge in [-0.2, -0.15) is 0 Å². The number of benzene rings is 5. The van der Waals surface area contributed by atoms with Crippen molar-refractivity contribution in [3.8, 4) is 0 Å². The minimum absolute atomic E-state index is 0.341. The molecule has 0 aliphatic rings. The van der Waals surface area contributed by atoms with Gasteiger partial charge in [0.2, 0.25) is 0 Å². The summed E-state index contributed by atoms with van der Waals surface area (Å²) in [5.41, 5.74) is 7.83. The third-order valence-electron chi connectivity index (χ3n) is 9.97. The Hall–Kier alpha value is -6.19. The number of ether oxygens (including phenoxy) is 1. The Kier molecular flexibility index (Phi) is 10.2. The van der Waals surface area contributed by atoms with Gasteiger partial charge in [-0.3, -0.25) is 0 Å². The van der Waals surface area contributed by atoms with Gasteiger partial charge < -0.3 is 18.9 Å². The zero-order valence-electron chi connectivity index (χ0n) is 30.0. The molecule has 8 nitrogen and oxygen atoms in total. The van der Waals surface area contributed by atoms with Crippen LogP contribution in [0, 0.1) is 0 Å². The van der Waals surface area contributed by atoms with Crippen LogP contribution >= 0.6 is 11.8 Å². The molecule has 1 N–H and O–H groups in total. The van der Waals surface area contributed by atoms with Crippen molar-refractivity contribution in [1.29, 1.82) is 0 Å². The molecule has 0 amide bonds. The SMILES string of the molecule is COC(=O)c1ccc(CSc2nnc(Cc3c[nH]c4ccccc34)n2CCCc2cn(C(c3ccccc3)(c3ccccc3)c3ccccc3)cn2)cc1. The number of nitrogens with one attached hydrogen (secondary N) is 1. The molecule has 8 aromatic rings. The minimum Gasteiger partial charge on any atom is -0.465 e. The molecule has 0 saturated heterocycles. The highest BCUT2D eigenvalue weighted by atomic mass is 32.2. The summed E-state index contributed by atoms with van der Waals surface area (Å²) < 4.78 is 9.40. The number of aromatic nitrogens is 6. The van der Waals surface area contributed by atoms with Crippen LogP contribution in [-0.2, 0) is 35.4 Å². The molecule has 0 unspecified atom stereocenters. The predicted molar refractivity (Wildman–Crippen MR) is 214 cm³/mol. The lowest BCUT2D eigenvalue weighted by Crippen LogP contribution is -2.36. The molecule has 0 aliphatic carbocycles. The van der Waals surface area contributed by atoms with Crippen LogP contribution in [-0.4, -0.2) is 42.4 Å². The number of carbonyl (C=O) groups is 1. The molecule has 0 saturated carbocycles. The molecule has 3 heterocycles. The molecule has 0 atom stereocenters. The summed E-state index contributed by atoms with van der Waals surface area (Å²) in [7, 11) is 1.39. The van der Waals surface area contributed by atoms with Crippen LogP contribution in [0.1, 0.15) is 56.1 Å². The lowest BCUT2D eigenvalue weighted by molar-refractivity contribution is 0.0600. The number of thioether (sulfide) groups is 1. The number of aryl methyl sites for hydroxylation is 1. The number of hydrogen-bond donors (Lipinski definition) is 1. The summed E-state index contributed by atoms with van der Waals surface area (Å²) in [6.45, 7) is 0.738. The van der Waals surface area contributed by atoms with E-state index < -0.39 is 5.54 Å². The monoisotopic (exact) mass is 728 g/mol. The number of fused-ring (bicyclic) bond motifs is 1. The van der Waals surface area contributed by atoms with Gasteiger partial charge in [-0.25, -0.2) is 9.78 Å². The Bertz CT molecular complexity index is 2360. The average molecular weight is 729 g/mol. The number of imidazole rings is 1. The molecule has 9 heteroatoms. The van der Waals surface area contributed by atoms with E-state index in [1.807, 2.05) is 24.5 Å². The topological polar surface area (TPSA) is 90.6 Å². The van der Waals surface area contributed by atoms with Crippen LogP contribution in [0.25, 0.3) is 10.9 Å². The van der Waals surface area contributed by atoms with Crippen LogP contribution in [0.2, 0.25) is 0 Å². The van der Waals surface area contributed by atoms with Gasteiger partial charge in [-0.15, -0.1) is 10.2 Å². The number of H-pyrrole nitrogens is 1. The van der Waals surface area contributed by atoms with Crippen molar-refractivity contribution in [3.63, 3.8) is 0 Å². The van der Waals surface area contributed by atoms with Gasteiger partial charge in [0, 0.05) is 42.0 Å². The quantitative estimate of drug-likeness (QED) is 0.0683. The zero-order valence-corrected chi connectivity index (χ0v) is 30.8. The molecule has 5 aromatic carbocycles. The molecular weight excluding hydrogens is 689 g/mol. The van der Waals surface area contributed by atoms with Gasteiger partial charge in [0.05, 0.1) is 24.7 Å². The standard InChI is InChI=1S/C45H40N6O2S/c1-53-43(52)34-25-23-33(24-26-34)31-54-44-49-48-42(28-35-29-46-41-22-12-11-21-40(35)41)51(44)27-13-20-39-30-50(32-47-39)45(36-14-5-2-6-15-36,37-16-7-3-8-17-37)38-18-9-4-10-19-38/h2-12,14-19,21-26,29-30,32,46H,13,20,27-28,31H2,1H3. The summed E-state index contributed by atoms with van der Waals surface area (Å²) in [5.74, 6) is 1.27. The van der Waals surface area contributed by atoms with Crippen molar-refractivity contribution in [1.82, 2.24) is 29.3 Å². The van der Waals surface area contributed by atoms with Crippen molar-refractivity contribution in [2.45, 2.75) is 42.3 Å². The first-order valence-corrected chi connectivity index (χ1v) is 19.1. The highest BCUT2D eigenvalue weighted by Gasteiger charge is 2.38. The van der Waals surface area contributed by atoms with E-state index >= 15 is 0 Å². The van der Waals surface area contributed by atoms with Crippen LogP contribution in [0.4, 0.5) is 0 Å². The molecule has 8 rings (SSSR count). The van der Waals surface area contributed by atoms with Crippen LogP contribution < -0.4 is 0 Å². The lowest BCUT2D eigenvalue weighted by Gasteiger charge is -2.37. The highest BCUT2D eigenvalue weighted by Crippen LogP contribution is 2.41. The molecule has 0 fully saturated rings. The second kappa shape index (κ2) is 15.8. The second-order valence-electron chi connectivity index (χ2n) is 13.2. The number of para-hydroxylation sites is 1. The molecule has 54 heavy (non-hydrogen) atoms.